The van der Waals surface area contributed by atoms with Gasteiger partial charge < -0.3 is 16.4 Å². The zero-order valence-electron chi connectivity index (χ0n) is 16.0. The van der Waals surface area contributed by atoms with Crippen molar-refractivity contribution in [3.05, 3.63) is 29.8 Å². The van der Waals surface area contributed by atoms with Crippen molar-refractivity contribution in [1.29, 1.82) is 0 Å². The summed E-state index contributed by atoms with van der Waals surface area (Å²) in [5.74, 6) is 0.199. The van der Waals surface area contributed by atoms with Gasteiger partial charge in [0.25, 0.3) is 5.91 Å². The summed E-state index contributed by atoms with van der Waals surface area (Å²) in [6.07, 6.45) is 5.36. The summed E-state index contributed by atoms with van der Waals surface area (Å²) < 4.78 is 0. The lowest BCUT2D eigenvalue weighted by atomic mass is 9.88. The summed E-state index contributed by atoms with van der Waals surface area (Å²) in [6.45, 7) is 6.39. The molecule has 4 N–H and O–H groups in total. The van der Waals surface area contributed by atoms with Gasteiger partial charge in [-0.1, -0.05) is 39.2 Å². The maximum Gasteiger partial charge on any atom is 0.251 e. The van der Waals surface area contributed by atoms with Crippen LogP contribution in [0.2, 0.25) is 0 Å². The summed E-state index contributed by atoms with van der Waals surface area (Å²) in [5.41, 5.74) is 6.58. The molecule has 0 bridgehead atoms. The van der Waals surface area contributed by atoms with Crippen LogP contribution in [0.25, 0.3) is 0 Å². The largest absolute Gasteiger partial charge is 0.345 e. The van der Waals surface area contributed by atoms with E-state index in [0.717, 1.165) is 25.7 Å². The van der Waals surface area contributed by atoms with E-state index in [1.807, 2.05) is 26.8 Å². The number of hydrogen-bond donors (Lipinski definition) is 3. The Kier molecular flexibility index (Phi) is 8.57. The number of amides is 2. The first-order chi connectivity index (χ1) is 11.9. The summed E-state index contributed by atoms with van der Waals surface area (Å²) in [6, 6.07) is 7.10. The molecule has 1 fully saturated rings. The van der Waals surface area contributed by atoms with E-state index in [4.69, 9.17) is 5.73 Å². The third-order valence-electron chi connectivity index (χ3n) is 5.47. The van der Waals surface area contributed by atoms with E-state index in [2.05, 4.69) is 10.6 Å². The van der Waals surface area contributed by atoms with E-state index in [1.165, 1.54) is 6.42 Å². The Morgan fingerprint density at radius 1 is 1.23 bits per heavy atom. The quantitative estimate of drug-likeness (QED) is 0.701. The van der Waals surface area contributed by atoms with Crippen molar-refractivity contribution in [2.75, 3.05) is 11.9 Å². The summed E-state index contributed by atoms with van der Waals surface area (Å²) in [5, 5.41) is 5.99. The Hall–Kier alpha value is -1.59. The summed E-state index contributed by atoms with van der Waals surface area (Å²) >= 11 is 0. The van der Waals surface area contributed by atoms with Crippen LogP contribution in [-0.2, 0) is 4.79 Å². The third-order valence-corrected chi connectivity index (χ3v) is 5.47. The molecule has 6 heteroatoms. The minimum Gasteiger partial charge on any atom is -0.345 e. The highest BCUT2D eigenvalue weighted by atomic mass is 35.5. The number of rotatable bonds is 6. The molecule has 0 spiro atoms. The van der Waals surface area contributed by atoms with Crippen molar-refractivity contribution in [3.8, 4) is 0 Å². The maximum absolute atomic E-state index is 12.6. The van der Waals surface area contributed by atoms with Crippen molar-refractivity contribution in [1.82, 2.24) is 5.32 Å². The van der Waals surface area contributed by atoms with Crippen molar-refractivity contribution < 1.29 is 9.59 Å². The van der Waals surface area contributed by atoms with E-state index in [-0.39, 0.29) is 36.1 Å². The van der Waals surface area contributed by atoms with Crippen molar-refractivity contribution >= 4 is 29.9 Å². The first-order valence-electron chi connectivity index (χ1n) is 9.29. The van der Waals surface area contributed by atoms with Crippen molar-refractivity contribution in [2.24, 2.45) is 17.6 Å². The Morgan fingerprint density at radius 2 is 1.88 bits per heavy atom. The average Bonchev–Trinajstić information content (AvgIpc) is 2.62. The Balaban J connectivity index is 0.00000338. The van der Waals surface area contributed by atoms with Gasteiger partial charge in [-0.05, 0) is 43.9 Å². The van der Waals surface area contributed by atoms with E-state index in [9.17, 15) is 9.59 Å². The average molecular weight is 382 g/mol. The van der Waals surface area contributed by atoms with E-state index in [0.29, 0.717) is 17.8 Å². The second kappa shape index (κ2) is 9.93. The van der Waals surface area contributed by atoms with Crippen molar-refractivity contribution in [3.63, 3.8) is 0 Å². The molecule has 1 aromatic carbocycles. The van der Waals surface area contributed by atoms with Gasteiger partial charge in [0.2, 0.25) is 5.91 Å². The molecule has 2 amide bonds. The molecule has 1 aliphatic carbocycles. The molecule has 1 saturated carbocycles. The highest BCUT2D eigenvalue weighted by Gasteiger charge is 2.29. The van der Waals surface area contributed by atoms with Crippen LogP contribution in [0.15, 0.2) is 24.3 Å². The van der Waals surface area contributed by atoms with Crippen LogP contribution in [0.1, 0.15) is 63.2 Å². The zero-order valence-corrected chi connectivity index (χ0v) is 16.8. The molecule has 0 aliphatic heterocycles. The summed E-state index contributed by atoms with van der Waals surface area (Å²) in [4.78, 5) is 25.0. The molecule has 0 heterocycles. The molecule has 1 aromatic rings. The van der Waals surface area contributed by atoms with Gasteiger partial charge in [-0.3, -0.25) is 9.59 Å². The van der Waals surface area contributed by atoms with Gasteiger partial charge in [-0.25, -0.2) is 0 Å². The SMILES string of the molecule is CC(C)C(C)(CN)NC(=O)c1cccc(NC(=O)C2CCCCC2)c1.Cl. The van der Waals surface area contributed by atoms with Crippen LogP contribution in [0.4, 0.5) is 5.69 Å². The van der Waals surface area contributed by atoms with Crippen LogP contribution < -0.4 is 16.4 Å². The number of anilines is 1. The second-order valence-electron chi connectivity index (χ2n) is 7.64. The highest BCUT2D eigenvalue weighted by molar-refractivity contribution is 5.98. The van der Waals surface area contributed by atoms with Gasteiger partial charge >= 0.3 is 0 Å². The Bertz CT molecular complexity index is 615. The van der Waals surface area contributed by atoms with Crippen LogP contribution in [-0.4, -0.2) is 23.9 Å². The van der Waals surface area contributed by atoms with Gasteiger partial charge in [-0.15, -0.1) is 12.4 Å². The molecule has 1 atom stereocenters. The highest BCUT2D eigenvalue weighted by Crippen LogP contribution is 2.25. The number of nitrogens with two attached hydrogens (primary N) is 1. The zero-order chi connectivity index (χ0) is 18.4. The maximum atomic E-state index is 12.6. The fourth-order valence-corrected chi connectivity index (χ4v) is 3.11. The fraction of sp³-hybridized carbons (Fsp3) is 0.600. The number of benzene rings is 1. The molecule has 5 nitrogen and oxygen atoms in total. The number of hydrogen-bond acceptors (Lipinski definition) is 3. The normalized spacial score (nSPS) is 17.1. The van der Waals surface area contributed by atoms with Gasteiger partial charge in [0, 0.05) is 23.7 Å². The van der Waals surface area contributed by atoms with E-state index < -0.39 is 5.54 Å². The van der Waals surface area contributed by atoms with Crippen molar-refractivity contribution in [2.45, 2.75) is 58.4 Å². The minimum atomic E-state index is -0.460. The number of carbonyl (C=O) groups excluding carboxylic acids is 2. The smallest absolute Gasteiger partial charge is 0.251 e. The van der Waals surface area contributed by atoms with E-state index >= 15 is 0 Å². The standard InChI is InChI=1S/C20H31N3O2.ClH/c1-14(2)20(3,13-21)23-19(25)16-10-7-11-17(12-16)22-18(24)15-8-5-4-6-9-15;/h7,10-12,14-15H,4-6,8-9,13,21H2,1-3H3,(H,22,24)(H,23,25);1H. The molecular formula is C20H32ClN3O2. The molecule has 146 valence electrons. The number of carbonyl (C=O) groups is 2. The molecule has 0 saturated heterocycles. The first kappa shape index (κ1) is 22.5. The Morgan fingerprint density at radius 3 is 2.46 bits per heavy atom. The second-order valence-corrected chi connectivity index (χ2v) is 7.64. The van der Waals surface area contributed by atoms with Crippen LogP contribution in [0.5, 0.6) is 0 Å². The Labute approximate surface area is 162 Å². The molecule has 2 rings (SSSR count). The predicted molar refractivity (Wildman–Crippen MR) is 109 cm³/mol. The monoisotopic (exact) mass is 381 g/mol. The molecule has 1 aliphatic rings. The minimum absolute atomic E-state index is 0. The molecule has 0 aromatic heterocycles. The van der Waals surface area contributed by atoms with Crippen LogP contribution in [0, 0.1) is 11.8 Å². The van der Waals surface area contributed by atoms with Gasteiger partial charge in [-0.2, -0.15) is 0 Å². The fourth-order valence-electron chi connectivity index (χ4n) is 3.11. The van der Waals surface area contributed by atoms with Crippen LogP contribution in [0.3, 0.4) is 0 Å². The molecule has 0 radical (unpaired) electrons. The number of nitrogens with one attached hydrogen (secondary N) is 2. The van der Waals surface area contributed by atoms with Gasteiger partial charge in [0.1, 0.15) is 0 Å². The number of halogens is 1. The topological polar surface area (TPSA) is 84.2 Å². The predicted octanol–water partition coefficient (Wildman–Crippen LogP) is 3.73. The lowest BCUT2D eigenvalue weighted by Gasteiger charge is -2.33. The van der Waals surface area contributed by atoms with E-state index in [1.54, 1.807) is 18.2 Å². The lowest BCUT2D eigenvalue weighted by molar-refractivity contribution is -0.120. The summed E-state index contributed by atoms with van der Waals surface area (Å²) in [7, 11) is 0. The lowest BCUT2D eigenvalue weighted by Crippen LogP contribution is -2.55. The van der Waals surface area contributed by atoms with Gasteiger partial charge in [0.05, 0.1) is 5.54 Å². The van der Waals surface area contributed by atoms with Gasteiger partial charge in [0.15, 0.2) is 0 Å². The third kappa shape index (κ3) is 5.71. The molecule has 1 unspecified atom stereocenters. The first-order valence-corrected chi connectivity index (χ1v) is 9.29. The molecular weight excluding hydrogens is 350 g/mol. The molecule has 26 heavy (non-hydrogen) atoms. The van der Waals surface area contributed by atoms with Crippen LogP contribution >= 0.6 is 12.4 Å².